The highest BCUT2D eigenvalue weighted by atomic mass is 16.6. The minimum atomic E-state index is -0.185. The van der Waals surface area contributed by atoms with Crippen LogP contribution >= 0.6 is 0 Å². The number of anilines is 1. The van der Waals surface area contributed by atoms with E-state index in [9.17, 15) is 4.79 Å². The molecule has 0 radical (unpaired) electrons. The van der Waals surface area contributed by atoms with Crippen LogP contribution in [0.1, 0.15) is 24.8 Å². The van der Waals surface area contributed by atoms with Crippen molar-refractivity contribution in [2.75, 3.05) is 25.1 Å². The summed E-state index contributed by atoms with van der Waals surface area (Å²) in [6.07, 6.45) is 0.849. The van der Waals surface area contributed by atoms with Gasteiger partial charge in [-0.2, -0.15) is 0 Å². The molecule has 0 fully saturated rings. The van der Waals surface area contributed by atoms with E-state index in [4.69, 9.17) is 9.47 Å². The number of nitrogens with one attached hydrogen (secondary N) is 2. The third-order valence-electron chi connectivity index (χ3n) is 4.03. The van der Waals surface area contributed by atoms with Gasteiger partial charge in [0.05, 0.1) is 0 Å². The molecule has 0 aliphatic carbocycles. The van der Waals surface area contributed by atoms with Crippen molar-refractivity contribution in [1.82, 2.24) is 5.32 Å². The van der Waals surface area contributed by atoms with E-state index in [-0.39, 0.29) is 6.03 Å². The average Bonchev–Trinajstić information content (AvgIpc) is 2.62. The van der Waals surface area contributed by atoms with Crippen molar-refractivity contribution in [3.63, 3.8) is 0 Å². The summed E-state index contributed by atoms with van der Waals surface area (Å²) in [4.78, 5) is 11.9. The Kier molecular flexibility index (Phi) is 5.21. The largest absolute Gasteiger partial charge is 0.486 e. The zero-order chi connectivity index (χ0) is 16.8. The van der Waals surface area contributed by atoms with Crippen molar-refractivity contribution >= 4 is 11.7 Å². The van der Waals surface area contributed by atoms with Crippen LogP contribution in [0.25, 0.3) is 0 Å². The molecule has 126 valence electrons. The molecule has 0 saturated carbocycles. The number of rotatable bonds is 5. The molecule has 2 N–H and O–H groups in total. The van der Waals surface area contributed by atoms with Crippen LogP contribution in [0.15, 0.2) is 48.5 Å². The lowest BCUT2D eigenvalue weighted by molar-refractivity contribution is 0.171. The van der Waals surface area contributed by atoms with Crippen molar-refractivity contribution in [3.05, 3.63) is 54.1 Å². The number of amides is 2. The summed E-state index contributed by atoms with van der Waals surface area (Å²) in [6, 6.07) is 15.3. The Morgan fingerprint density at radius 2 is 1.83 bits per heavy atom. The maximum Gasteiger partial charge on any atom is 0.319 e. The molecule has 5 heteroatoms. The van der Waals surface area contributed by atoms with E-state index in [2.05, 4.69) is 23.6 Å². The van der Waals surface area contributed by atoms with Gasteiger partial charge in [0.1, 0.15) is 13.2 Å². The van der Waals surface area contributed by atoms with Crippen LogP contribution in [0.4, 0.5) is 10.5 Å². The monoisotopic (exact) mass is 326 g/mol. The van der Waals surface area contributed by atoms with Gasteiger partial charge >= 0.3 is 6.03 Å². The van der Waals surface area contributed by atoms with Crippen LogP contribution in [0.2, 0.25) is 0 Å². The highest BCUT2D eigenvalue weighted by molar-refractivity contribution is 5.89. The molecule has 1 aliphatic heterocycles. The number of hydrogen-bond donors (Lipinski definition) is 2. The van der Waals surface area contributed by atoms with Crippen molar-refractivity contribution in [3.8, 4) is 11.5 Å². The minimum Gasteiger partial charge on any atom is -0.486 e. The van der Waals surface area contributed by atoms with Gasteiger partial charge in [-0.05, 0) is 42.2 Å². The first-order chi connectivity index (χ1) is 11.7. The molecule has 1 aliphatic rings. The lowest BCUT2D eigenvalue weighted by atomic mass is 9.97. The zero-order valence-electron chi connectivity index (χ0n) is 13.7. The third kappa shape index (κ3) is 4.19. The fourth-order valence-electron chi connectivity index (χ4n) is 2.63. The maximum atomic E-state index is 11.9. The van der Waals surface area contributed by atoms with Crippen LogP contribution in [-0.2, 0) is 0 Å². The van der Waals surface area contributed by atoms with E-state index in [0.717, 1.165) is 23.6 Å². The molecule has 0 spiro atoms. The van der Waals surface area contributed by atoms with E-state index < -0.39 is 0 Å². The molecule has 0 saturated heterocycles. The highest BCUT2D eigenvalue weighted by Gasteiger charge is 2.14. The van der Waals surface area contributed by atoms with Gasteiger partial charge in [-0.25, -0.2) is 4.79 Å². The SMILES string of the molecule is CC(CCNC(=O)Nc1ccccc1)c1ccc2c(c1)OCCO2. The Morgan fingerprint density at radius 3 is 2.62 bits per heavy atom. The summed E-state index contributed by atoms with van der Waals surface area (Å²) >= 11 is 0. The van der Waals surface area contributed by atoms with Gasteiger partial charge in [0, 0.05) is 12.2 Å². The molecule has 2 aromatic rings. The predicted molar refractivity (Wildman–Crippen MR) is 93.9 cm³/mol. The first-order valence-electron chi connectivity index (χ1n) is 8.22. The first-order valence-corrected chi connectivity index (χ1v) is 8.22. The average molecular weight is 326 g/mol. The van der Waals surface area contributed by atoms with E-state index in [0.29, 0.717) is 25.7 Å². The fraction of sp³-hybridized carbons (Fsp3) is 0.316. The Labute approximate surface area is 142 Å². The Hall–Kier alpha value is -2.69. The van der Waals surface area contributed by atoms with Crippen LogP contribution in [0, 0.1) is 0 Å². The first kappa shape index (κ1) is 16.2. The molecular formula is C19H22N2O3. The lowest BCUT2D eigenvalue weighted by Gasteiger charge is -2.20. The zero-order valence-corrected chi connectivity index (χ0v) is 13.7. The summed E-state index contributed by atoms with van der Waals surface area (Å²) in [5.41, 5.74) is 1.97. The number of fused-ring (bicyclic) bond motifs is 1. The molecule has 1 heterocycles. The molecule has 0 aromatic heterocycles. The van der Waals surface area contributed by atoms with Crippen molar-refractivity contribution in [1.29, 1.82) is 0 Å². The van der Waals surface area contributed by atoms with Crippen LogP contribution in [0.3, 0.4) is 0 Å². The molecule has 2 aromatic carbocycles. The van der Waals surface area contributed by atoms with Gasteiger partial charge in [0.2, 0.25) is 0 Å². The van der Waals surface area contributed by atoms with Crippen molar-refractivity contribution in [2.24, 2.45) is 0 Å². The molecule has 3 rings (SSSR count). The number of urea groups is 1. The summed E-state index contributed by atoms with van der Waals surface area (Å²) in [6.45, 7) is 3.94. The number of benzene rings is 2. The van der Waals surface area contributed by atoms with Gasteiger partial charge in [-0.15, -0.1) is 0 Å². The molecule has 1 unspecified atom stereocenters. The minimum absolute atomic E-state index is 0.185. The third-order valence-corrected chi connectivity index (χ3v) is 4.03. The van der Waals surface area contributed by atoms with Crippen LogP contribution in [-0.4, -0.2) is 25.8 Å². The second-order valence-corrected chi connectivity index (χ2v) is 5.84. The van der Waals surface area contributed by atoms with E-state index in [1.165, 1.54) is 5.56 Å². The summed E-state index contributed by atoms with van der Waals surface area (Å²) in [5, 5.41) is 5.70. The van der Waals surface area contributed by atoms with E-state index in [1.807, 2.05) is 42.5 Å². The molecule has 24 heavy (non-hydrogen) atoms. The van der Waals surface area contributed by atoms with Gasteiger partial charge in [0.15, 0.2) is 11.5 Å². The standard InChI is InChI=1S/C19H22N2O3/c1-14(15-7-8-17-18(13-15)24-12-11-23-17)9-10-20-19(22)21-16-5-3-2-4-6-16/h2-8,13-14H,9-12H2,1H3,(H2,20,21,22). The predicted octanol–water partition coefficient (Wildman–Crippen LogP) is 3.77. The van der Waals surface area contributed by atoms with Crippen LogP contribution < -0.4 is 20.1 Å². The summed E-state index contributed by atoms with van der Waals surface area (Å²) < 4.78 is 11.2. The number of carbonyl (C=O) groups is 1. The molecular weight excluding hydrogens is 304 g/mol. The van der Waals surface area contributed by atoms with Crippen molar-refractivity contribution in [2.45, 2.75) is 19.3 Å². The van der Waals surface area contributed by atoms with Crippen molar-refractivity contribution < 1.29 is 14.3 Å². The second kappa shape index (κ2) is 7.73. The lowest BCUT2D eigenvalue weighted by Crippen LogP contribution is -2.30. The number of hydrogen-bond acceptors (Lipinski definition) is 3. The maximum absolute atomic E-state index is 11.9. The normalized spacial score (nSPS) is 13.9. The van der Waals surface area contributed by atoms with Crippen LogP contribution in [0.5, 0.6) is 11.5 Å². The molecule has 0 bridgehead atoms. The topological polar surface area (TPSA) is 59.6 Å². The highest BCUT2D eigenvalue weighted by Crippen LogP contribution is 2.33. The molecule has 1 atom stereocenters. The smallest absolute Gasteiger partial charge is 0.319 e. The Bertz CT molecular complexity index is 688. The van der Waals surface area contributed by atoms with E-state index >= 15 is 0 Å². The quantitative estimate of drug-likeness (QED) is 0.879. The molecule has 2 amide bonds. The number of para-hydroxylation sites is 1. The summed E-state index contributed by atoms with van der Waals surface area (Å²) in [7, 11) is 0. The summed E-state index contributed by atoms with van der Waals surface area (Å²) in [5.74, 6) is 1.93. The van der Waals surface area contributed by atoms with Gasteiger partial charge in [-0.3, -0.25) is 0 Å². The van der Waals surface area contributed by atoms with Gasteiger partial charge in [-0.1, -0.05) is 31.2 Å². The Morgan fingerprint density at radius 1 is 1.08 bits per heavy atom. The number of carbonyl (C=O) groups excluding carboxylic acids is 1. The van der Waals surface area contributed by atoms with Gasteiger partial charge < -0.3 is 20.1 Å². The fourth-order valence-corrected chi connectivity index (χ4v) is 2.63. The second-order valence-electron chi connectivity index (χ2n) is 5.84. The molecule has 5 nitrogen and oxygen atoms in total. The number of ether oxygens (including phenoxy) is 2. The van der Waals surface area contributed by atoms with Gasteiger partial charge in [0.25, 0.3) is 0 Å². The van der Waals surface area contributed by atoms with E-state index in [1.54, 1.807) is 0 Å². The Balaban J connectivity index is 1.47.